The van der Waals surface area contributed by atoms with E-state index in [0.717, 1.165) is 6.54 Å². The third kappa shape index (κ3) is 4.21. The Morgan fingerprint density at radius 2 is 0.727 bits per heavy atom. The molecule has 0 atom stereocenters. The molecule has 0 saturated carbocycles. The van der Waals surface area contributed by atoms with Crippen LogP contribution in [0.2, 0.25) is 0 Å². The number of anilines is 1. The van der Waals surface area contributed by atoms with E-state index in [9.17, 15) is 0 Å². The summed E-state index contributed by atoms with van der Waals surface area (Å²) in [5.41, 5.74) is 2.53. The Morgan fingerprint density at radius 3 is 1.12 bits per heavy atom. The maximum Gasteiger partial charge on any atom is 0.202 e. The van der Waals surface area contributed by atoms with Gasteiger partial charge >= 0.3 is 0 Å². The van der Waals surface area contributed by atoms with Gasteiger partial charge in [-0.25, -0.2) is 4.67 Å². The third-order valence-corrected chi connectivity index (χ3v) is 10.2. The molecule has 0 aromatic heterocycles. The third-order valence-electron chi connectivity index (χ3n) is 5.98. The summed E-state index contributed by atoms with van der Waals surface area (Å²) in [4.78, 5) is 0. The molecule has 33 heavy (non-hydrogen) atoms. The molecule has 0 spiro atoms. The van der Waals surface area contributed by atoms with Crippen molar-refractivity contribution in [3.8, 4) is 0 Å². The van der Waals surface area contributed by atoms with E-state index in [1.807, 2.05) is 0 Å². The Hall–Kier alpha value is -3.67. The second-order valence-electron chi connectivity index (χ2n) is 8.02. The first-order valence-corrected chi connectivity index (χ1v) is 13.1. The van der Waals surface area contributed by atoms with Gasteiger partial charge in [0.2, 0.25) is 7.41 Å². The first-order chi connectivity index (χ1) is 16.4. The van der Waals surface area contributed by atoms with Gasteiger partial charge in [-0.1, -0.05) is 103 Å². The first kappa shape index (κ1) is 21.2. The van der Waals surface area contributed by atoms with Crippen LogP contribution >= 0.6 is 7.41 Å². The van der Waals surface area contributed by atoms with Gasteiger partial charge in [-0.15, -0.1) is 0 Å². The van der Waals surface area contributed by atoms with Gasteiger partial charge in [0.15, 0.2) is 0 Å². The van der Waals surface area contributed by atoms with Crippen molar-refractivity contribution >= 4 is 29.0 Å². The van der Waals surface area contributed by atoms with E-state index in [4.69, 9.17) is 0 Å². The van der Waals surface area contributed by atoms with E-state index in [-0.39, 0.29) is 0 Å². The van der Waals surface area contributed by atoms with Gasteiger partial charge in [-0.05, 0) is 54.1 Å². The predicted molar refractivity (Wildman–Crippen MR) is 144 cm³/mol. The van der Waals surface area contributed by atoms with Gasteiger partial charge in [-0.2, -0.15) is 0 Å². The van der Waals surface area contributed by atoms with Crippen LogP contribution in [0, 0.1) is 0 Å². The highest BCUT2D eigenvalue weighted by atomic mass is 31.2. The predicted octanol–water partition coefficient (Wildman–Crippen LogP) is 6.60. The molecule has 0 bridgehead atoms. The molecular weight excluding hydrogens is 417 g/mol. The lowest BCUT2D eigenvalue weighted by Gasteiger charge is -2.38. The SMILES string of the molecule is c1ccc(CN(c2ccccc2)[P+](c2ccccc2)(c2ccccc2)c2ccccc2)cc1. The summed E-state index contributed by atoms with van der Waals surface area (Å²) in [6, 6.07) is 54.8. The Morgan fingerprint density at radius 1 is 0.394 bits per heavy atom. The van der Waals surface area contributed by atoms with Crippen LogP contribution in [-0.4, -0.2) is 0 Å². The minimum absolute atomic E-state index is 0.817. The monoisotopic (exact) mass is 444 g/mol. The second kappa shape index (κ2) is 9.86. The van der Waals surface area contributed by atoms with E-state index in [2.05, 4.69) is 156 Å². The molecule has 5 aromatic rings. The summed E-state index contributed by atoms with van der Waals surface area (Å²) in [6.07, 6.45) is 0. The van der Waals surface area contributed by atoms with Crippen molar-refractivity contribution in [1.82, 2.24) is 0 Å². The maximum absolute atomic E-state index is 2.66. The molecule has 5 rings (SSSR count). The Kier molecular flexibility index (Phi) is 6.33. The van der Waals surface area contributed by atoms with Gasteiger partial charge in [0.05, 0.1) is 12.2 Å². The average molecular weight is 445 g/mol. The molecule has 0 N–H and O–H groups in total. The van der Waals surface area contributed by atoms with Crippen molar-refractivity contribution in [2.45, 2.75) is 6.54 Å². The number of rotatable bonds is 7. The molecule has 160 valence electrons. The zero-order valence-electron chi connectivity index (χ0n) is 18.5. The topological polar surface area (TPSA) is 3.24 Å². The van der Waals surface area contributed by atoms with Gasteiger partial charge in [-0.3, -0.25) is 0 Å². The molecular formula is C31H27NP+. The van der Waals surface area contributed by atoms with Crippen LogP contribution in [0.1, 0.15) is 5.56 Å². The zero-order chi connectivity index (χ0) is 22.3. The minimum Gasteiger partial charge on any atom is -0.230 e. The molecule has 5 aromatic carbocycles. The van der Waals surface area contributed by atoms with Crippen molar-refractivity contribution in [2.24, 2.45) is 0 Å². The number of hydrogen-bond acceptors (Lipinski definition) is 1. The molecule has 0 aliphatic heterocycles. The highest BCUT2D eigenvalue weighted by Gasteiger charge is 2.51. The van der Waals surface area contributed by atoms with E-state index in [0.29, 0.717) is 0 Å². The molecule has 0 unspecified atom stereocenters. The lowest BCUT2D eigenvalue weighted by molar-refractivity contribution is 1.04. The van der Waals surface area contributed by atoms with E-state index in [1.165, 1.54) is 27.2 Å². The van der Waals surface area contributed by atoms with Crippen molar-refractivity contribution in [3.63, 3.8) is 0 Å². The van der Waals surface area contributed by atoms with Crippen molar-refractivity contribution in [2.75, 3.05) is 4.67 Å². The fourth-order valence-electron chi connectivity index (χ4n) is 4.52. The van der Waals surface area contributed by atoms with Crippen LogP contribution in [0.4, 0.5) is 5.69 Å². The standard InChI is InChI=1S/C31H27NP/c1-6-16-27(17-7-1)26-32(28-18-8-2-9-19-28)33(29-20-10-3-11-21-29,30-22-12-4-13-23-30)31-24-14-5-15-25-31/h1-25H,26H2/q+1. The van der Waals surface area contributed by atoms with Crippen molar-refractivity contribution < 1.29 is 0 Å². The number of para-hydroxylation sites is 1. The highest BCUT2D eigenvalue weighted by Crippen LogP contribution is 2.60. The summed E-state index contributed by atoms with van der Waals surface area (Å²) in [5, 5.41) is 4.05. The van der Waals surface area contributed by atoms with Crippen LogP contribution in [0.3, 0.4) is 0 Å². The fourth-order valence-corrected chi connectivity index (χ4v) is 8.92. The average Bonchev–Trinajstić information content (AvgIpc) is 2.91. The molecule has 0 saturated heterocycles. The molecule has 0 aliphatic carbocycles. The van der Waals surface area contributed by atoms with Gasteiger partial charge in [0, 0.05) is 0 Å². The Bertz CT molecular complexity index is 1160. The van der Waals surface area contributed by atoms with Crippen LogP contribution < -0.4 is 20.6 Å². The summed E-state index contributed by atoms with van der Waals surface area (Å²) >= 11 is 0. The summed E-state index contributed by atoms with van der Waals surface area (Å²) < 4.78 is 2.66. The number of hydrogen-bond donors (Lipinski definition) is 0. The van der Waals surface area contributed by atoms with E-state index >= 15 is 0 Å². The lowest BCUT2D eigenvalue weighted by Crippen LogP contribution is -2.43. The van der Waals surface area contributed by atoms with Crippen LogP contribution in [0.15, 0.2) is 152 Å². The summed E-state index contributed by atoms with van der Waals surface area (Å²) in [5.74, 6) is 0. The van der Waals surface area contributed by atoms with Crippen LogP contribution in [-0.2, 0) is 6.54 Å². The van der Waals surface area contributed by atoms with Crippen LogP contribution in [0.25, 0.3) is 0 Å². The summed E-state index contributed by atoms with van der Waals surface area (Å²) in [6.45, 7) is 0.817. The normalized spacial score (nSPS) is 11.2. The molecule has 0 heterocycles. The van der Waals surface area contributed by atoms with Gasteiger partial charge < -0.3 is 0 Å². The fraction of sp³-hybridized carbons (Fsp3) is 0.0323. The molecule has 2 heteroatoms. The van der Waals surface area contributed by atoms with Crippen molar-refractivity contribution in [1.29, 1.82) is 0 Å². The lowest BCUT2D eigenvalue weighted by atomic mass is 10.2. The quantitative estimate of drug-likeness (QED) is 0.256. The van der Waals surface area contributed by atoms with Crippen LogP contribution in [0.5, 0.6) is 0 Å². The second-order valence-corrected chi connectivity index (χ2v) is 11.3. The van der Waals surface area contributed by atoms with Crippen molar-refractivity contribution in [3.05, 3.63) is 157 Å². The number of nitrogens with zero attached hydrogens (tertiary/aromatic N) is 1. The van der Waals surface area contributed by atoms with Gasteiger partial charge in [0.1, 0.15) is 15.9 Å². The molecule has 0 aliphatic rings. The molecule has 0 fully saturated rings. The zero-order valence-corrected chi connectivity index (χ0v) is 19.4. The van der Waals surface area contributed by atoms with E-state index in [1.54, 1.807) is 0 Å². The largest absolute Gasteiger partial charge is 0.230 e. The summed E-state index contributed by atoms with van der Waals surface area (Å²) in [7, 11) is -2.22. The highest BCUT2D eigenvalue weighted by molar-refractivity contribution is 7.96. The smallest absolute Gasteiger partial charge is 0.202 e. The van der Waals surface area contributed by atoms with Gasteiger partial charge in [0.25, 0.3) is 0 Å². The van der Waals surface area contributed by atoms with E-state index < -0.39 is 7.41 Å². The maximum atomic E-state index is 2.66. The number of benzene rings is 5. The Balaban J connectivity index is 1.86. The molecule has 1 nitrogen and oxygen atoms in total. The molecule has 0 radical (unpaired) electrons. The first-order valence-electron chi connectivity index (χ1n) is 11.3. The Labute approximate surface area is 197 Å². The molecule has 0 amide bonds. The minimum atomic E-state index is -2.22.